The van der Waals surface area contributed by atoms with Crippen LogP contribution < -0.4 is 0 Å². The zero-order valence-corrected chi connectivity index (χ0v) is 23.7. The topological polar surface area (TPSA) is 9.23 Å². The van der Waals surface area contributed by atoms with E-state index in [-0.39, 0.29) is 5.60 Å². The maximum atomic E-state index is 5.83. The average molecular weight is 429 g/mol. The summed E-state index contributed by atoms with van der Waals surface area (Å²) in [7, 11) is 7.88. The molecule has 0 saturated carbocycles. The molecule has 0 aliphatic heterocycles. The zero-order chi connectivity index (χ0) is 22.0. The molecule has 0 heterocycles. The molecule has 3 heteroatoms. The van der Waals surface area contributed by atoms with Crippen molar-refractivity contribution in [1.82, 2.24) is 0 Å². The molecule has 1 atom stereocenters. The highest BCUT2D eigenvalue weighted by Crippen LogP contribution is 2.25. The van der Waals surface area contributed by atoms with Gasteiger partial charge >= 0.3 is 0 Å². The van der Waals surface area contributed by atoms with Gasteiger partial charge in [-0.1, -0.05) is 103 Å². The predicted molar refractivity (Wildman–Crippen MR) is 136 cm³/mol. The molecule has 0 N–H and O–H groups in total. The minimum atomic E-state index is 0.0530. The molecule has 0 aromatic heterocycles. The molecule has 0 rings (SSSR count). The van der Waals surface area contributed by atoms with Crippen molar-refractivity contribution in [3.05, 3.63) is 0 Å². The Labute approximate surface area is 188 Å². The van der Waals surface area contributed by atoms with Gasteiger partial charge in [0.2, 0.25) is 0 Å². The standard InChI is InChI=1S/C26H58NOSi/c1-7-8-9-10-11-12-13-14-15-16-17-18-19-20-21-22-23-25(27(4,5)6)24-26(2,3)28-29/h25H,7-24H2,1-6,29H3/q+1. The van der Waals surface area contributed by atoms with Crippen LogP contribution in [0.2, 0.25) is 0 Å². The Morgan fingerprint density at radius 1 is 0.655 bits per heavy atom. The molecule has 2 nitrogen and oxygen atoms in total. The fourth-order valence-electron chi connectivity index (χ4n) is 4.34. The molecule has 0 bridgehead atoms. The molecule has 0 aromatic carbocycles. The van der Waals surface area contributed by atoms with E-state index >= 15 is 0 Å². The predicted octanol–water partition coefficient (Wildman–Crippen LogP) is 7.18. The number of unbranched alkanes of at least 4 members (excludes halogenated alkanes) is 15. The molecule has 29 heavy (non-hydrogen) atoms. The van der Waals surface area contributed by atoms with Crippen LogP contribution in [0.1, 0.15) is 136 Å². The molecule has 0 aliphatic rings. The minimum absolute atomic E-state index is 0.0530. The number of quaternary nitrogens is 1. The van der Waals surface area contributed by atoms with Gasteiger partial charge in [0.25, 0.3) is 0 Å². The number of hydrogen-bond acceptors (Lipinski definition) is 1. The fraction of sp³-hybridized carbons (Fsp3) is 1.00. The van der Waals surface area contributed by atoms with E-state index < -0.39 is 0 Å². The lowest BCUT2D eigenvalue weighted by Crippen LogP contribution is -2.48. The molecule has 0 aliphatic carbocycles. The number of hydrogen-bond donors (Lipinski definition) is 0. The average Bonchev–Trinajstić information content (AvgIpc) is 2.65. The van der Waals surface area contributed by atoms with Crippen molar-refractivity contribution < 1.29 is 8.91 Å². The smallest absolute Gasteiger partial charge is 0.146 e. The van der Waals surface area contributed by atoms with Crippen LogP contribution in [0.5, 0.6) is 0 Å². The molecule has 0 saturated heterocycles. The van der Waals surface area contributed by atoms with Crippen LogP contribution in [0.4, 0.5) is 0 Å². The highest BCUT2D eigenvalue weighted by Gasteiger charge is 2.30. The first-order valence-corrected chi connectivity index (χ1v) is 13.9. The van der Waals surface area contributed by atoms with Crippen LogP contribution in [-0.4, -0.2) is 47.8 Å². The van der Waals surface area contributed by atoms with Crippen molar-refractivity contribution in [2.45, 2.75) is 148 Å². The Balaban J connectivity index is 3.53. The Morgan fingerprint density at radius 2 is 1.00 bits per heavy atom. The van der Waals surface area contributed by atoms with E-state index in [0.29, 0.717) is 6.04 Å². The van der Waals surface area contributed by atoms with Gasteiger partial charge < -0.3 is 8.91 Å². The molecule has 0 fully saturated rings. The fourth-order valence-corrected chi connectivity index (χ4v) is 4.51. The van der Waals surface area contributed by atoms with Gasteiger partial charge in [0.15, 0.2) is 0 Å². The maximum Gasteiger partial charge on any atom is 0.146 e. The summed E-state index contributed by atoms with van der Waals surface area (Å²) in [5, 5.41) is 0. The van der Waals surface area contributed by atoms with Crippen molar-refractivity contribution in [2.75, 3.05) is 21.1 Å². The van der Waals surface area contributed by atoms with Crippen LogP contribution >= 0.6 is 0 Å². The van der Waals surface area contributed by atoms with Gasteiger partial charge in [-0.2, -0.15) is 0 Å². The molecule has 0 spiro atoms. The monoisotopic (exact) mass is 428 g/mol. The third kappa shape index (κ3) is 18.6. The van der Waals surface area contributed by atoms with E-state index in [2.05, 4.69) is 41.9 Å². The minimum Gasteiger partial charge on any atom is -0.423 e. The first-order chi connectivity index (χ1) is 13.7. The second-order valence-corrected chi connectivity index (χ2v) is 11.4. The first kappa shape index (κ1) is 29.1. The van der Waals surface area contributed by atoms with E-state index in [1.165, 1.54) is 116 Å². The lowest BCUT2D eigenvalue weighted by atomic mass is 9.93. The summed E-state index contributed by atoms with van der Waals surface area (Å²) in [5.74, 6) is 0. The quantitative estimate of drug-likeness (QED) is 0.107. The molecule has 0 aromatic rings. The van der Waals surface area contributed by atoms with Crippen LogP contribution in [0.25, 0.3) is 0 Å². The van der Waals surface area contributed by atoms with E-state index in [4.69, 9.17) is 4.43 Å². The van der Waals surface area contributed by atoms with Crippen LogP contribution in [0, 0.1) is 0 Å². The Kier molecular flexibility index (Phi) is 17.9. The molecule has 0 radical (unpaired) electrons. The largest absolute Gasteiger partial charge is 0.423 e. The van der Waals surface area contributed by atoms with Crippen molar-refractivity contribution in [1.29, 1.82) is 0 Å². The lowest BCUT2D eigenvalue weighted by Gasteiger charge is -2.39. The van der Waals surface area contributed by atoms with Crippen LogP contribution in [0.3, 0.4) is 0 Å². The van der Waals surface area contributed by atoms with E-state index in [9.17, 15) is 0 Å². The van der Waals surface area contributed by atoms with Crippen LogP contribution in [0.15, 0.2) is 0 Å². The second kappa shape index (κ2) is 17.8. The highest BCUT2D eigenvalue weighted by molar-refractivity contribution is 5.98. The van der Waals surface area contributed by atoms with Gasteiger partial charge in [-0.15, -0.1) is 0 Å². The van der Waals surface area contributed by atoms with Crippen molar-refractivity contribution in [3.8, 4) is 0 Å². The van der Waals surface area contributed by atoms with Gasteiger partial charge in [0, 0.05) is 6.42 Å². The normalized spacial score (nSPS) is 13.9. The SMILES string of the molecule is CCCCCCCCCCCCCCCCCCC(CC(C)(C)O[SiH3])[N+](C)(C)C. The van der Waals surface area contributed by atoms with E-state index in [1.54, 1.807) is 0 Å². The summed E-state index contributed by atoms with van der Waals surface area (Å²) in [6.45, 7) is 6.82. The van der Waals surface area contributed by atoms with E-state index in [0.717, 1.165) is 15.0 Å². The number of nitrogens with zero attached hydrogens (tertiary/aromatic N) is 1. The Morgan fingerprint density at radius 3 is 1.31 bits per heavy atom. The van der Waals surface area contributed by atoms with Gasteiger partial charge in [-0.25, -0.2) is 0 Å². The molecule has 176 valence electrons. The molecular formula is C26H58NOSi+. The zero-order valence-electron chi connectivity index (χ0n) is 21.7. The second-order valence-electron chi connectivity index (χ2n) is 11.0. The third-order valence-corrected chi connectivity index (χ3v) is 7.87. The van der Waals surface area contributed by atoms with Crippen molar-refractivity contribution in [3.63, 3.8) is 0 Å². The maximum absolute atomic E-state index is 5.83. The summed E-state index contributed by atoms with van der Waals surface area (Å²) >= 11 is 0. The third-order valence-electron chi connectivity index (χ3n) is 6.77. The van der Waals surface area contributed by atoms with Crippen molar-refractivity contribution >= 4 is 10.5 Å². The molecular weight excluding hydrogens is 370 g/mol. The highest BCUT2D eigenvalue weighted by atomic mass is 28.2. The van der Waals surface area contributed by atoms with Gasteiger partial charge in [-0.05, 0) is 26.7 Å². The Bertz CT molecular complexity index is 351. The van der Waals surface area contributed by atoms with Crippen molar-refractivity contribution in [2.24, 2.45) is 0 Å². The Hall–Kier alpha value is 0.137. The summed E-state index contributed by atoms with van der Waals surface area (Å²) < 4.78 is 6.89. The van der Waals surface area contributed by atoms with Gasteiger partial charge in [0.1, 0.15) is 10.5 Å². The van der Waals surface area contributed by atoms with Gasteiger partial charge in [0.05, 0.1) is 32.8 Å². The summed E-state index contributed by atoms with van der Waals surface area (Å²) in [4.78, 5) is 0. The molecule has 1 unspecified atom stereocenters. The van der Waals surface area contributed by atoms with E-state index in [1.807, 2.05) is 0 Å². The first-order valence-electron chi connectivity index (χ1n) is 13.1. The van der Waals surface area contributed by atoms with Crippen LogP contribution in [-0.2, 0) is 4.43 Å². The van der Waals surface area contributed by atoms with Gasteiger partial charge in [-0.3, -0.25) is 0 Å². The summed E-state index contributed by atoms with van der Waals surface area (Å²) in [5.41, 5.74) is 0.0530. The molecule has 0 amide bonds. The summed E-state index contributed by atoms with van der Waals surface area (Å²) in [6.07, 6.45) is 25.7. The number of rotatable bonds is 21. The lowest BCUT2D eigenvalue weighted by molar-refractivity contribution is -0.897. The summed E-state index contributed by atoms with van der Waals surface area (Å²) in [6, 6.07) is 0.714.